The summed E-state index contributed by atoms with van der Waals surface area (Å²) in [5.41, 5.74) is 4.93. The molecule has 0 aliphatic heterocycles. The fraction of sp³-hybridized carbons (Fsp3) is 0.857. The van der Waals surface area contributed by atoms with Gasteiger partial charge in [0.05, 0.1) is 6.07 Å². The van der Waals surface area contributed by atoms with Crippen molar-refractivity contribution in [3.8, 4) is 6.07 Å². The van der Waals surface area contributed by atoms with Gasteiger partial charge in [0.25, 0.3) is 0 Å². The summed E-state index contributed by atoms with van der Waals surface area (Å²) < 4.78 is 0. The number of hydrogen-bond donors (Lipinski definition) is 1. The van der Waals surface area contributed by atoms with Crippen molar-refractivity contribution in [1.82, 2.24) is 0 Å². The molecule has 0 rings (SSSR count). The zero-order valence-corrected chi connectivity index (χ0v) is 6.31. The maximum absolute atomic E-state index is 8.47. The van der Waals surface area contributed by atoms with Gasteiger partial charge in [-0.2, -0.15) is 5.26 Å². The van der Waals surface area contributed by atoms with E-state index in [9.17, 15) is 0 Å². The molecule has 0 saturated heterocycles. The van der Waals surface area contributed by atoms with E-state index in [-0.39, 0.29) is 0 Å². The molecular weight excluding hydrogens is 112 g/mol. The molecule has 0 aliphatic carbocycles. The molecule has 1 atom stereocenters. The fourth-order valence-electron chi connectivity index (χ4n) is 0.894. The van der Waals surface area contributed by atoms with E-state index >= 15 is 0 Å². The smallest absolute Gasteiger partial charge is 0.101 e. The highest BCUT2D eigenvalue weighted by atomic mass is 14.7. The van der Waals surface area contributed by atoms with Crippen LogP contribution in [0.5, 0.6) is 0 Å². The largest absolute Gasteiger partial charge is 0.314 e. The Hall–Kier alpha value is -0.550. The lowest BCUT2D eigenvalue weighted by atomic mass is 9.94. The van der Waals surface area contributed by atoms with E-state index in [1.54, 1.807) is 6.92 Å². The van der Waals surface area contributed by atoms with Crippen LogP contribution in [0, 0.1) is 17.2 Å². The molecule has 0 unspecified atom stereocenters. The topological polar surface area (TPSA) is 49.8 Å². The standard InChI is InChI=1S/C7H14N2/c1-6(2)4-7(3,9)5-8/h6H,4,9H2,1-3H3/t7-/m0/s1. The Labute approximate surface area is 56.7 Å². The predicted molar refractivity (Wildman–Crippen MR) is 37.7 cm³/mol. The average molecular weight is 126 g/mol. The maximum atomic E-state index is 8.47. The SMILES string of the molecule is CC(C)C[C@](C)(N)C#N. The van der Waals surface area contributed by atoms with Gasteiger partial charge in [0.2, 0.25) is 0 Å². The molecule has 2 nitrogen and oxygen atoms in total. The molecule has 0 saturated carbocycles. The number of nitrogens with two attached hydrogens (primary N) is 1. The molecular formula is C7H14N2. The van der Waals surface area contributed by atoms with Crippen LogP contribution < -0.4 is 5.73 Å². The van der Waals surface area contributed by atoms with Crippen molar-refractivity contribution < 1.29 is 0 Å². The summed E-state index contributed by atoms with van der Waals surface area (Å²) in [5, 5.41) is 8.47. The molecule has 0 fully saturated rings. The highest BCUT2D eigenvalue weighted by Crippen LogP contribution is 2.11. The minimum atomic E-state index is -0.631. The summed E-state index contributed by atoms with van der Waals surface area (Å²) in [7, 11) is 0. The van der Waals surface area contributed by atoms with Crippen LogP contribution in [0.3, 0.4) is 0 Å². The first kappa shape index (κ1) is 8.45. The Morgan fingerprint density at radius 3 is 2.22 bits per heavy atom. The number of nitrogens with zero attached hydrogens (tertiary/aromatic N) is 1. The molecule has 0 aliphatic rings. The third-order valence-electron chi connectivity index (χ3n) is 1.09. The van der Waals surface area contributed by atoms with E-state index < -0.39 is 5.54 Å². The van der Waals surface area contributed by atoms with E-state index in [2.05, 4.69) is 19.9 Å². The second-order valence-corrected chi connectivity index (χ2v) is 3.13. The van der Waals surface area contributed by atoms with Crippen LogP contribution in [0.2, 0.25) is 0 Å². The van der Waals surface area contributed by atoms with Crippen LogP contribution in [0.15, 0.2) is 0 Å². The van der Waals surface area contributed by atoms with Crippen LogP contribution in [0.4, 0.5) is 0 Å². The zero-order chi connectivity index (χ0) is 7.49. The van der Waals surface area contributed by atoms with Crippen LogP contribution in [0.25, 0.3) is 0 Å². The Balaban J connectivity index is 3.76. The van der Waals surface area contributed by atoms with Crippen molar-refractivity contribution in [2.45, 2.75) is 32.7 Å². The number of nitriles is 1. The van der Waals surface area contributed by atoms with E-state index in [1.165, 1.54) is 0 Å². The molecule has 0 radical (unpaired) electrons. The number of hydrogen-bond acceptors (Lipinski definition) is 2. The van der Waals surface area contributed by atoms with Crippen molar-refractivity contribution in [3.63, 3.8) is 0 Å². The van der Waals surface area contributed by atoms with E-state index in [4.69, 9.17) is 11.0 Å². The van der Waals surface area contributed by atoms with Crippen LogP contribution >= 0.6 is 0 Å². The van der Waals surface area contributed by atoms with Gasteiger partial charge in [-0.3, -0.25) is 0 Å². The number of rotatable bonds is 2. The van der Waals surface area contributed by atoms with Crippen LogP contribution in [-0.4, -0.2) is 5.54 Å². The second kappa shape index (κ2) is 2.84. The second-order valence-electron chi connectivity index (χ2n) is 3.13. The van der Waals surface area contributed by atoms with Crippen LogP contribution in [0.1, 0.15) is 27.2 Å². The molecule has 0 aromatic carbocycles. The van der Waals surface area contributed by atoms with E-state index in [0.29, 0.717) is 5.92 Å². The molecule has 0 aromatic heterocycles. The van der Waals surface area contributed by atoms with Gasteiger partial charge >= 0.3 is 0 Å². The van der Waals surface area contributed by atoms with Gasteiger partial charge in [0, 0.05) is 0 Å². The highest BCUT2D eigenvalue weighted by Gasteiger charge is 2.17. The minimum Gasteiger partial charge on any atom is -0.314 e. The Kier molecular flexibility index (Phi) is 2.66. The molecule has 0 heterocycles. The lowest BCUT2D eigenvalue weighted by Crippen LogP contribution is -2.35. The summed E-state index contributed by atoms with van der Waals surface area (Å²) in [6, 6.07) is 2.05. The van der Waals surface area contributed by atoms with Crippen molar-refractivity contribution in [2.24, 2.45) is 11.7 Å². The molecule has 9 heavy (non-hydrogen) atoms. The highest BCUT2D eigenvalue weighted by molar-refractivity contribution is 5.00. The Bertz CT molecular complexity index is 119. The summed E-state index contributed by atoms with van der Waals surface area (Å²) in [4.78, 5) is 0. The minimum absolute atomic E-state index is 0.500. The first-order valence-electron chi connectivity index (χ1n) is 3.18. The van der Waals surface area contributed by atoms with E-state index in [0.717, 1.165) is 6.42 Å². The average Bonchev–Trinajstić information content (AvgIpc) is 1.63. The summed E-state index contributed by atoms with van der Waals surface area (Å²) in [6.07, 6.45) is 0.767. The third-order valence-corrected chi connectivity index (χ3v) is 1.09. The summed E-state index contributed by atoms with van der Waals surface area (Å²) in [6.45, 7) is 5.87. The lowest BCUT2D eigenvalue weighted by Gasteiger charge is -2.16. The van der Waals surface area contributed by atoms with Gasteiger partial charge in [-0.25, -0.2) is 0 Å². The van der Waals surface area contributed by atoms with E-state index in [1.807, 2.05) is 0 Å². The van der Waals surface area contributed by atoms with Crippen molar-refractivity contribution in [1.29, 1.82) is 5.26 Å². The molecule has 0 bridgehead atoms. The zero-order valence-electron chi connectivity index (χ0n) is 6.31. The Morgan fingerprint density at radius 1 is 1.67 bits per heavy atom. The summed E-state index contributed by atoms with van der Waals surface area (Å²) >= 11 is 0. The van der Waals surface area contributed by atoms with Crippen molar-refractivity contribution in [3.05, 3.63) is 0 Å². The maximum Gasteiger partial charge on any atom is 0.101 e. The fourth-order valence-corrected chi connectivity index (χ4v) is 0.894. The molecule has 0 spiro atoms. The van der Waals surface area contributed by atoms with Crippen LogP contribution in [-0.2, 0) is 0 Å². The van der Waals surface area contributed by atoms with Crippen molar-refractivity contribution >= 4 is 0 Å². The van der Waals surface area contributed by atoms with Gasteiger partial charge < -0.3 is 5.73 Å². The quantitative estimate of drug-likeness (QED) is 0.605. The first-order chi connectivity index (χ1) is 3.98. The molecule has 2 heteroatoms. The normalized spacial score (nSPS) is 16.9. The lowest BCUT2D eigenvalue weighted by molar-refractivity contribution is 0.448. The van der Waals surface area contributed by atoms with Gasteiger partial charge in [-0.05, 0) is 19.3 Å². The molecule has 2 N–H and O–H groups in total. The Morgan fingerprint density at radius 2 is 2.11 bits per heavy atom. The van der Waals surface area contributed by atoms with Gasteiger partial charge in [-0.15, -0.1) is 0 Å². The molecule has 0 amide bonds. The van der Waals surface area contributed by atoms with Gasteiger partial charge in [0.15, 0.2) is 0 Å². The monoisotopic (exact) mass is 126 g/mol. The van der Waals surface area contributed by atoms with Crippen molar-refractivity contribution in [2.75, 3.05) is 0 Å². The first-order valence-corrected chi connectivity index (χ1v) is 3.18. The van der Waals surface area contributed by atoms with Gasteiger partial charge in [0.1, 0.15) is 5.54 Å². The van der Waals surface area contributed by atoms with Gasteiger partial charge in [-0.1, -0.05) is 13.8 Å². The molecule has 0 aromatic rings. The molecule has 52 valence electrons. The third kappa shape index (κ3) is 3.99. The predicted octanol–water partition coefficient (Wildman–Crippen LogP) is 1.27. The summed E-state index contributed by atoms with van der Waals surface area (Å²) in [5.74, 6) is 0.500.